The van der Waals surface area contributed by atoms with Crippen molar-refractivity contribution in [3.63, 3.8) is 0 Å². The van der Waals surface area contributed by atoms with Crippen LogP contribution in [0.4, 0.5) is 5.69 Å². The van der Waals surface area contributed by atoms with E-state index in [1.54, 1.807) is 0 Å². The first-order valence-corrected chi connectivity index (χ1v) is 6.77. The number of halogens is 1. The second-order valence-electron chi connectivity index (χ2n) is 5.14. The number of aliphatic hydroxyl groups excluding tert-OH is 1. The standard InChI is InChI=1S/C16H22N2O2.ClH/c1-18(2)11-15(20-10-9-19)13-7-3-5-12-6-4-8-14(17)16(12)13;/h3-8,15,19H,9-11,17H2,1-2H3;1H. The van der Waals surface area contributed by atoms with E-state index in [0.29, 0.717) is 6.61 Å². The summed E-state index contributed by atoms with van der Waals surface area (Å²) >= 11 is 0. The quantitative estimate of drug-likeness (QED) is 0.805. The first-order valence-electron chi connectivity index (χ1n) is 6.77. The summed E-state index contributed by atoms with van der Waals surface area (Å²) < 4.78 is 5.80. The molecule has 21 heavy (non-hydrogen) atoms. The lowest BCUT2D eigenvalue weighted by molar-refractivity contribution is 0.0149. The summed E-state index contributed by atoms with van der Waals surface area (Å²) in [5, 5.41) is 11.2. The molecule has 1 unspecified atom stereocenters. The monoisotopic (exact) mass is 310 g/mol. The first kappa shape index (κ1) is 17.7. The molecule has 3 N–H and O–H groups in total. The fourth-order valence-corrected chi connectivity index (χ4v) is 2.44. The summed E-state index contributed by atoms with van der Waals surface area (Å²) in [4.78, 5) is 2.07. The third kappa shape index (κ3) is 4.32. The van der Waals surface area contributed by atoms with Crippen LogP contribution in [-0.4, -0.2) is 43.9 Å². The molecule has 0 aliphatic carbocycles. The van der Waals surface area contributed by atoms with Crippen molar-refractivity contribution in [1.29, 1.82) is 0 Å². The van der Waals surface area contributed by atoms with Crippen LogP contribution in [0.3, 0.4) is 0 Å². The van der Waals surface area contributed by atoms with Crippen molar-refractivity contribution < 1.29 is 9.84 Å². The molecule has 0 aliphatic heterocycles. The highest BCUT2D eigenvalue weighted by Gasteiger charge is 2.17. The zero-order valence-electron chi connectivity index (χ0n) is 12.5. The number of hydrogen-bond acceptors (Lipinski definition) is 4. The number of nitrogen functional groups attached to an aromatic ring is 1. The van der Waals surface area contributed by atoms with Crippen molar-refractivity contribution in [3.8, 4) is 0 Å². The highest BCUT2D eigenvalue weighted by molar-refractivity contribution is 5.95. The molecule has 0 spiro atoms. The summed E-state index contributed by atoms with van der Waals surface area (Å²) in [6.45, 7) is 1.08. The van der Waals surface area contributed by atoms with Crippen LogP contribution in [0.2, 0.25) is 0 Å². The van der Waals surface area contributed by atoms with Gasteiger partial charge in [0, 0.05) is 17.6 Å². The van der Waals surface area contributed by atoms with Crippen LogP contribution < -0.4 is 5.73 Å². The Balaban J connectivity index is 0.00000220. The maximum atomic E-state index is 9.00. The Labute approximate surface area is 131 Å². The van der Waals surface area contributed by atoms with Gasteiger partial charge >= 0.3 is 0 Å². The second kappa shape index (κ2) is 8.20. The van der Waals surface area contributed by atoms with Crippen LogP contribution >= 0.6 is 12.4 Å². The van der Waals surface area contributed by atoms with E-state index >= 15 is 0 Å². The Morgan fingerprint density at radius 2 is 1.86 bits per heavy atom. The number of nitrogens with zero attached hydrogens (tertiary/aromatic N) is 1. The fraction of sp³-hybridized carbons (Fsp3) is 0.375. The predicted molar refractivity (Wildman–Crippen MR) is 89.9 cm³/mol. The lowest BCUT2D eigenvalue weighted by atomic mass is 9.98. The lowest BCUT2D eigenvalue weighted by Crippen LogP contribution is -2.23. The maximum absolute atomic E-state index is 9.00. The molecule has 0 aliphatic rings. The van der Waals surface area contributed by atoms with Crippen LogP contribution in [0, 0.1) is 0 Å². The Hall–Kier alpha value is -1.33. The van der Waals surface area contributed by atoms with E-state index in [4.69, 9.17) is 15.6 Å². The molecule has 2 rings (SSSR count). The Morgan fingerprint density at radius 3 is 2.48 bits per heavy atom. The maximum Gasteiger partial charge on any atom is 0.0959 e. The average Bonchev–Trinajstić information content (AvgIpc) is 2.43. The number of anilines is 1. The van der Waals surface area contributed by atoms with Gasteiger partial charge in [0.2, 0.25) is 0 Å². The molecule has 0 bridgehead atoms. The van der Waals surface area contributed by atoms with Gasteiger partial charge in [0.05, 0.1) is 19.3 Å². The number of nitrogens with two attached hydrogens (primary N) is 1. The van der Waals surface area contributed by atoms with Crippen molar-refractivity contribution in [1.82, 2.24) is 4.90 Å². The lowest BCUT2D eigenvalue weighted by Gasteiger charge is -2.23. The van der Waals surface area contributed by atoms with Crippen LogP contribution in [0.5, 0.6) is 0 Å². The van der Waals surface area contributed by atoms with Gasteiger partial charge in [-0.1, -0.05) is 30.3 Å². The Morgan fingerprint density at radius 1 is 1.19 bits per heavy atom. The van der Waals surface area contributed by atoms with E-state index in [0.717, 1.165) is 28.6 Å². The van der Waals surface area contributed by atoms with E-state index in [-0.39, 0.29) is 25.1 Å². The molecular weight excluding hydrogens is 288 g/mol. The summed E-state index contributed by atoms with van der Waals surface area (Å²) in [6.07, 6.45) is -0.106. The highest BCUT2D eigenvalue weighted by Crippen LogP contribution is 2.31. The van der Waals surface area contributed by atoms with E-state index < -0.39 is 0 Å². The van der Waals surface area contributed by atoms with E-state index in [1.807, 2.05) is 50.5 Å². The van der Waals surface area contributed by atoms with Crippen molar-refractivity contribution in [3.05, 3.63) is 42.0 Å². The minimum atomic E-state index is -0.106. The molecular formula is C16H23ClN2O2. The number of fused-ring (bicyclic) bond motifs is 1. The SMILES string of the molecule is CN(C)CC(OCCO)c1cccc2cccc(N)c12.Cl. The minimum absolute atomic E-state index is 0. The largest absolute Gasteiger partial charge is 0.398 e. The van der Waals surface area contributed by atoms with Crippen LogP contribution in [0.15, 0.2) is 36.4 Å². The Bertz CT molecular complexity index is 570. The van der Waals surface area contributed by atoms with Gasteiger partial charge in [-0.2, -0.15) is 0 Å². The molecule has 2 aromatic rings. The minimum Gasteiger partial charge on any atom is -0.398 e. The van der Waals surface area contributed by atoms with Gasteiger partial charge in [0.25, 0.3) is 0 Å². The predicted octanol–water partition coefficient (Wildman–Crippen LogP) is 2.46. The number of ether oxygens (including phenoxy) is 1. The first-order chi connectivity index (χ1) is 9.63. The van der Waals surface area contributed by atoms with Crippen molar-refractivity contribution in [2.24, 2.45) is 0 Å². The molecule has 0 heterocycles. The second-order valence-corrected chi connectivity index (χ2v) is 5.14. The van der Waals surface area contributed by atoms with Gasteiger partial charge in [-0.3, -0.25) is 0 Å². The van der Waals surface area contributed by atoms with Crippen molar-refractivity contribution in [2.75, 3.05) is 39.6 Å². The third-order valence-electron chi connectivity index (χ3n) is 3.26. The van der Waals surface area contributed by atoms with Crippen molar-refractivity contribution in [2.45, 2.75) is 6.10 Å². The summed E-state index contributed by atoms with van der Waals surface area (Å²) in [7, 11) is 4.01. The molecule has 5 heteroatoms. The number of benzene rings is 2. The highest BCUT2D eigenvalue weighted by atomic mass is 35.5. The smallest absolute Gasteiger partial charge is 0.0959 e. The van der Waals surface area contributed by atoms with Gasteiger partial charge in [0.15, 0.2) is 0 Å². The number of aliphatic hydroxyl groups is 1. The van der Waals surface area contributed by atoms with E-state index in [2.05, 4.69) is 4.90 Å². The average molecular weight is 311 g/mol. The summed E-state index contributed by atoms with van der Waals surface area (Å²) in [6, 6.07) is 12.0. The molecule has 0 aromatic heterocycles. The third-order valence-corrected chi connectivity index (χ3v) is 3.26. The van der Waals surface area contributed by atoms with Crippen LogP contribution in [-0.2, 0) is 4.74 Å². The molecule has 2 aromatic carbocycles. The van der Waals surface area contributed by atoms with Gasteiger partial charge in [-0.15, -0.1) is 12.4 Å². The molecule has 0 fully saturated rings. The molecule has 4 nitrogen and oxygen atoms in total. The fourth-order valence-electron chi connectivity index (χ4n) is 2.44. The molecule has 0 saturated heterocycles. The van der Waals surface area contributed by atoms with E-state index in [9.17, 15) is 0 Å². The number of likely N-dealkylation sites (N-methyl/N-ethyl adjacent to an activating group) is 1. The van der Waals surface area contributed by atoms with Gasteiger partial charge < -0.3 is 20.5 Å². The Kier molecular flexibility index (Phi) is 6.92. The number of hydrogen-bond donors (Lipinski definition) is 2. The zero-order chi connectivity index (χ0) is 14.5. The van der Waals surface area contributed by atoms with Gasteiger partial charge in [0.1, 0.15) is 0 Å². The van der Waals surface area contributed by atoms with Crippen LogP contribution in [0.25, 0.3) is 10.8 Å². The van der Waals surface area contributed by atoms with Gasteiger partial charge in [-0.05, 0) is 31.1 Å². The summed E-state index contributed by atoms with van der Waals surface area (Å²) in [5.74, 6) is 0. The van der Waals surface area contributed by atoms with Crippen molar-refractivity contribution >= 4 is 28.9 Å². The molecule has 116 valence electrons. The molecule has 0 amide bonds. The zero-order valence-corrected chi connectivity index (χ0v) is 13.3. The van der Waals surface area contributed by atoms with Crippen LogP contribution in [0.1, 0.15) is 11.7 Å². The topological polar surface area (TPSA) is 58.7 Å². The molecule has 1 atom stereocenters. The van der Waals surface area contributed by atoms with E-state index in [1.165, 1.54) is 0 Å². The molecule has 0 radical (unpaired) electrons. The number of rotatable bonds is 6. The molecule has 0 saturated carbocycles. The normalized spacial score (nSPS) is 12.4. The summed E-state index contributed by atoms with van der Waals surface area (Å²) in [5.41, 5.74) is 7.97. The van der Waals surface area contributed by atoms with Gasteiger partial charge in [-0.25, -0.2) is 0 Å².